The van der Waals surface area contributed by atoms with E-state index in [2.05, 4.69) is 21.6 Å². The summed E-state index contributed by atoms with van der Waals surface area (Å²) in [5.74, 6) is -0.149. The molecule has 1 aliphatic carbocycles. The summed E-state index contributed by atoms with van der Waals surface area (Å²) in [7, 11) is 0. The van der Waals surface area contributed by atoms with Gasteiger partial charge < -0.3 is 10.1 Å². The lowest BCUT2D eigenvalue weighted by molar-refractivity contribution is -0.119. The first kappa shape index (κ1) is 20.8. The third-order valence-electron chi connectivity index (χ3n) is 6.13. The van der Waals surface area contributed by atoms with Crippen LogP contribution in [-0.4, -0.2) is 41.4 Å². The van der Waals surface area contributed by atoms with Gasteiger partial charge in [-0.05, 0) is 49.1 Å². The molecule has 1 aliphatic heterocycles. The van der Waals surface area contributed by atoms with Gasteiger partial charge >= 0.3 is 6.09 Å². The van der Waals surface area contributed by atoms with Gasteiger partial charge in [-0.3, -0.25) is 14.8 Å². The van der Waals surface area contributed by atoms with Crippen molar-refractivity contribution in [3.8, 4) is 28.6 Å². The molecule has 1 saturated heterocycles. The predicted molar refractivity (Wildman–Crippen MR) is 122 cm³/mol. The Balaban J connectivity index is 1.44. The van der Waals surface area contributed by atoms with E-state index in [1.165, 1.54) is 6.92 Å². The number of benzene rings is 2. The lowest BCUT2D eigenvalue weighted by Crippen LogP contribution is -2.33. The van der Waals surface area contributed by atoms with Crippen LogP contribution in [0.25, 0.3) is 22.5 Å². The molecule has 1 atom stereocenters. The Bertz CT molecular complexity index is 1290. The zero-order valence-corrected chi connectivity index (χ0v) is 18.2. The van der Waals surface area contributed by atoms with Gasteiger partial charge in [0.1, 0.15) is 6.10 Å². The molecule has 5 rings (SSSR count). The Hall–Kier alpha value is -4.12. The van der Waals surface area contributed by atoms with Crippen LogP contribution in [0.1, 0.15) is 30.0 Å². The molecule has 2 amide bonds. The van der Waals surface area contributed by atoms with E-state index in [0.29, 0.717) is 18.7 Å². The van der Waals surface area contributed by atoms with E-state index in [4.69, 9.17) is 4.74 Å². The average molecular weight is 441 g/mol. The second-order valence-electron chi connectivity index (χ2n) is 8.37. The lowest BCUT2D eigenvalue weighted by Gasteiger charge is -2.16. The molecule has 1 unspecified atom stereocenters. The Morgan fingerprint density at radius 3 is 3.00 bits per heavy atom. The van der Waals surface area contributed by atoms with Gasteiger partial charge in [0.15, 0.2) is 0 Å². The zero-order chi connectivity index (χ0) is 22.9. The Morgan fingerprint density at radius 1 is 1.30 bits per heavy atom. The molecule has 0 saturated carbocycles. The van der Waals surface area contributed by atoms with Crippen LogP contribution in [0.3, 0.4) is 0 Å². The summed E-state index contributed by atoms with van der Waals surface area (Å²) < 4.78 is 5.41. The van der Waals surface area contributed by atoms with Crippen molar-refractivity contribution in [3.05, 3.63) is 59.2 Å². The summed E-state index contributed by atoms with van der Waals surface area (Å²) >= 11 is 0. The van der Waals surface area contributed by atoms with Gasteiger partial charge in [0.05, 0.1) is 36.1 Å². The number of nitrogens with zero attached hydrogens (tertiary/aromatic N) is 3. The molecule has 2 aliphatic rings. The molecule has 0 radical (unpaired) electrons. The number of anilines is 1. The van der Waals surface area contributed by atoms with Crippen LogP contribution in [0.2, 0.25) is 0 Å². The first-order valence-corrected chi connectivity index (χ1v) is 11.0. The largest absolute Gasteiger partial charge is 0.442 e. The van der Waals surface area contributed by atoms with Crippen LogP contribution in [0, 0.1) is 11.3 Å². The average Bonchev–Trinajstić information content (AvgIpc) is 3.36. The number of ether oxygens (including phenoxy) is 1. The number of aromatic nitrogens is 2. The van der Waals surface area contributed by atoms with Crippen molar-refractivity contribution < 1.29 is 14.3 Å². The number of hydrogen-bond acceptors (Lipinski definition) is 5. The van der Waals surface area contributed by atoms with E-state index < -0.39 is 6.09 Å². The fraction of sp³-hybridized carbons (Fsp3) is 0.280. The van der Waals surface area contributed by atoms with Gasteiger partial charge in [0.25, 0.3) is 0 Å². The number of hydrogen-bond donors (Lipinski definition) is 2. The van der Waals surface area contributed by atoms with E-state index in [0.717, 1.165) is 58.6 Å². The van der Waals surface area contributed by atoms with Crippen molar-refractivity contribution in [3.63, 3.8) is 0 Å². The second kappa shape index (κ2) is 8.43. The number of rotatable bonds is 4. The highest BCUT2D eigenvalue weighted by Gasteiger charge is 2.33. The molecular formula is C25H23N5O3. The van der Waals surface area contributed by atoms with E-state index in [-0.39, 0.29) is 12.0 Å². The highest BCUT2D eigenvalue weighted by molar-refractivity contribution is 5.91. The smallest absolute Gasteiger partial charge is 0.414 e. The van der Waals surface area contributed by atoms with Crippen molar-refractivity contribution in [2.24, 2.45) is 0 Å². The van der Waals surface area contributed by atoms with Crippen LogP contribution in [0.5, 0.6) is 0 Å². The number of amides is 2. The molecule has 2 N–H and O–H groups in total. The number of aromatic amines is 1. The van der Waals surface area contributed by atoms with Crippen LogP contribution < -0.4 is 10.2 Å². The Labute approximate surface area is 191 Å². The van der Waals surface area contributed by atoms with Gasteiger partial charge in [0, 0.05) is 29.3 Å². The number of fused-ring (bicyclic) bond motifs is 3. The fourth-order valence-electron chi connectivity index (χ4n) is 4.56. The first-order chi connectivity index (χ1) is 16.0. The first-order valence-electron chi connectivity index (χ1n) is 11.0. The van der Waals surface area contributed by atoms with Gasteiger partial charge in [-0.15, -0.1) is 0 Å². The highest BCUT2D eigenvalue weighted by atomic mass is 16.6. The standard InChI is InChI=1S/C25H23N5O3/c1-15(31)27-13-20-14-30(25(32)33-20)19-8-9-21-17(11-19)5-3-7-22-23(28-29-24(21)22)18-6-2-4-16(10-18)12-26/h2,4,6,8-11,20H,3,5,7,13-14H2,1H3,(H,27,31)(H,28,29). The van der Waals surface area contributed by atoms with Crippen molar-refractivity contribution in [2.75, 3.05) is 18.0 Å². The molecule has 0 spiro atoms. The Morgan fingerprint density at radius 2 is 2.18 bits per heavy atom. The molecule has 1 aromatic heterocycles. The van der Waals surface area contributed by atoms with Gasteiger partial charge in [0.2, 0.25) is 5.91 Å². The van der Waals surface area contributed by atoms with Gasteiger partial charge in [-0.1, -0.05) is 18.2 Å². The number of nitriles is 1. The quantitative estimate of drug-likeness (QED) is 0.643. The molecule has 0 bridgehead atoms. The minimum absolute atomic E-state index is 0.149. The van der Waals surface area contributed by atoms with E-state index in [9.17, 15) is 14.9 Å². The third kappa shape index (κ3) is 3.94. The summed E-state index contributed by atoms with van der Waals surface area (Å²) in [4.78, 5) is 25.2. The molecule has 8 nitrogen and oxygen atoms in total. The maximum absolute atomic E-state index is 12.4. The van der Waals surface area contributed by atoms with Crippen LogP contribution in [0.15, 0.2) is 42.5 Å². The maximum Gasteiger partial charge on any atom is 0.414 e. The molecule has 3 aromatic rings. The summed E-state index contributed by atoms with van der Waals surface area (Å²) in [6.07, 6.45) is 1.92. The molecule has 2 aromatic carbocycles. The van der Waals surface area contributed by atoms with E-state index >= 15 is 0 Å². The number of aryl methyl sites for hydroxylation is 1. The summed E-state index contributed by atoms with van der Waals surface area (Å²) in [6, 6.07) is 15.7. The van der Waals surface area contributed by atoms with Gasteiger partial charge in [-0.25, -0.2) is 4.79 Å². The van der Waals surface area contributed by atoms with Crippen LogP contribution >= 0.6 is 0 Å². The molecule has 1 fully saturated rings. The minimum atomic E-state index is -0.402. The minimum Gasteiger partial charge on any atom is -0.442 e. The van der Waals surface area contributed by atoms with Crippen molar-refractivity contribution >= 4 is 17.7 Å². The molecule has 33 heavy (non-hydrogen) atoms. The summed E-state index contributed by atoms with van der Waals surface area (Å²) in [5.41, 5.74) is 7.55. The third-order valence-corrected chi connectivity index (χ3v) is 6.13. The van der Waals surface area contributed by atoms with Crippen molar-refractivity contribution in [2.45, 2.75) is 32.3 Å². The lowest BCUT2D eigenvalue weighted by atomic mass is 9.98. The van der Waals surface area contributed by atoms with Crippen molar-refractivity contribution in [1.82, 2.24) is 15.5 Å². The normalized spacial score (nSPS) is 16.9. The molecule has 2 heterocycles. The zero-order valence-electron chi connectivity index (χ0n) is 18.2. The van der Waals surface area contributed by atoms with Crippen molar-refractivity contribution in [1.29, 1.82) is 5.26 Å². The number of cyclic esters (lactones) is 1. The molecular weight excluding hydrogens is 418 g/mol. The van der Waals surface area contributed by atoms with Crippen LogP contribution in [-0.2, 0) is 22.4 Å². The monoisotopic (exact) mass is 441 g/mol. The Kier molecular flexibility index (Phi) is 5.31. The summed E-state index contributed by atoms with van der Waals surface area (Å²) in [6.45, 7) is 2.14. The second-order valence-corrected chi connectivity index (χ2v) is 8.37. The fourth-order valence-corrected chi connectivity index (χ4v) is 4.56. The van der Waals surface area contributed by atoms with Crippen LogP contribution in [0.4, 0.5) is 10.5 Å². The van der Waals surface area contributed by atoms with E-state index in [1.807, 2.05) is 36.4 Å². The number of carbonyl (C=O) groups excluding carboxylic acids is 2. The SMILES string of the molecule is CC(=O)NCC1CN(c2ccc3c(c2)CCCc2c(-c4cccc(C#N)c4)n[nH]c2-3)C(=O)O1. The molecule has 166 valence electrons. The number of nitrogens with one attached hydrogen (secondary N) is 2. The predicted octanol–water partition coefficient (Wildman–Crippen LogP) is 3.57. The maximum atomic E-state index is 12.4. The highest BCUT2D eigenvalue weighted by Crippen LogP contribution is 2.38. The van der Waals surface area contributed by atoms with Gasteiger partial charge in [-0.2, -0.15) is 10.4 Å². The summed E-state index contributed by atoms with van der Waals surface area (Å²) in [5, 5.41) is 19.7. The topological polar surface area (TPSA) is 111 Å². The number of carbonyl (C=O) groups is 2. The molecule has 8 heteroatoms. The number of H-pyrrole nitrogens is 1. The van der Waals surface area contributed by atoms with E-state index in [1.54, 1.807) is 11.0 Å².